The highest BCUT2D eigenvalue weighted by atomic mass is 35.5. The van der Waals surface area contributed by atoms with Gasteiger partial charge in [-0.25, -0.2) is 0 Å². The normalized spacial score (nSPS) is 27.5. The van der Waals surface area contributed by atoms with E-state index >= 15 is 0 Å². The highest BCUT2D eigenvalue weighted by Crippen LogP contribution is 2.19. The monoisotopic (exact) mass is 190 g/mol. The fourth-order valence-corrected chi connectivity index (χ4v) is 1.58. The van der Waals surface area contributed by atoms with E-state index in [1.165, 1.54) is 0 Å². The first-order valence-corrected chi connectivity index (χ1v) is 4.40. The van der Waals surface area contributed by atoms with Gasteiger partial charge in [0, 0.05) is 0 Å². The molecule has 1 rings (SSSR count). The van der Waals surface area contributed by atoms with Crippen LogP contribution >= 0.6 is 12.4 Å². The third-order valence-corrected chi connectivity index (χ3v) is 2.28. The third kappa shape index (κ3) is 2.37. The van der Waals surface area contributed by atoms with Crippen LogP contribution < -0.4 is 5.32 Å². The standard InChI is InChI=1S/C9H18N2.ClH/c1-6(2)8-9(7(3)4)11-5-10-8;/h5-9H,1-4H3,(H,10,11);1H. The van der Waals surface area contributed by atoms with Gasteiger partial charge in [-0.3, -0.25) is 4.99 Å². The Bertz CT molecular complexity index is 155. The van der Waals surface area contributed by atoms with E-state index in [2.05, 4.69) is 38.0 Å². The molecule has 0 bridgehead atoms. The van der Waals surface area contributed by atoms with E-state index in [9.17, 15) is 0 Å². The van der Waals surface area contributed by atoms with Gasteiger partial charge in [-0.1, -0.05) is 27.7 Å². The van der Waals surface area contributed by atoms with Gasteiger partial charge in [-0.05, 0) is 11.8 Å². The Morgan fingerprint density at radius 2 is 1.75 bits per heavy atom. The lowest BCUT2D eigenvalue weighted by Gasteiger charge is -2.24. The number of hydrogen-bond donors (Lipinski definition) is 1. The molecule has 0 fully saturated rings. The summed E-state index contributed by atoms with van der Waals surface area (Å²) >= 11 is 0. The summed E-state index contributed by atoms with van der Waals surface area (Å²) in [5.41, 5.74) is 0. The molecular formula is C9H19ClN2. The molecule has 72 valence electrons. The SMILES string of the molecule is CC(C)C1N=CNC1C(C)C.Cl. The van der Waals surface area contributed by atoms with Gasteiger partial charge in [0.05, 0.1) is 18.4 Å². The van der Waals surface area contributed by atoms with Gasteiger partial charge in [0.1, 0.15) is 0 Å². The summed E-state index contributed by atoms with van der Waals surface area (Å²) in [5.74, 6) is 1.32. The lowest BCUT2D eigenvalue weighted by molar-refractivity contribution is 0.348. The molecule has 2 unspecified atom stereocenters. The van der Waals surface area contributed by atoms with E-state index in [0.717, 1.165) is 0 Å². The summed E-state index contributed by atoms with van der Waals surface area (Å²) in [6.07, 6.45) is 1.86. The van der Waals surface area contributed by atoms with Gasteiger partial charge >= 0.3 is 0 Å². The molecule has 2 nitrogen and oxygen atoms in total. The first-order chi connectivity index (χ1) is 5.13. The molecule has 0 spiro atoms. The predicted octanol–water partition coefficient (Wildman–Crippen LogP) is 2.09. The molecule has 0 radical (unpaired) electrons. The van der Waals surface area contributed by atoms with E-state index in [0.29, 0.717) is 23.9 Å². The molecule has 1 N–H and O–H groups in total. The molecule has 0 saturated heterocycles. The lowest BCUT2D eigenvalue weighted by atomic mass is 9.90. The van der Waals surface area contributed by atoms with Crippen LogP contribution in [-0.4, -0.2) is 18.4 Å². The Hall–Kier alpha value is -0.240. The van der Waals surface area contributed by atoms with Crippen molar-refractivity contribution in [2.75, 3.05) is 0 Å². The molecule has 0 aromatic rings. The number of halogens is 1. The molecule has 0 aromatic carbocycles. The molecule has 3 heteroatoms. The topological polar surface area (TPSA) is 24.4 Å². The van der Waals surface area contributed by atoms with Crippen molar-refractivity contribution in [3.8, 4) is 0 Å². The predicted molar refractivity (Wildman–Crippen MR) is 56.1 cm³/mol. The largest absolute Gasteiger partial charge is 0.371 e. The Kier molecular flexibility index (Phi) is 4.61. The maximum Gasteiger partial charge on any atom is 0.0831 e. The van der Waals surface area contributed by atoms with Gasteiger partial charge in [-0.15, -0.1) is 12.4 Å². The summed E-state index contributed by atoms with van der Waals surface area (Å²) in [4.78, 5) is 4.40. The first-order valence-electron chi connectivity index (χ1n) is 4.40. The zero-order chi connectivity index (χ0) is 8.43. The van der Waals surface area contributed by atoms with Crippen molar-refractivity contribution >= 4 is 18.7 Å². The van der Waals surface area contributed by atoms with Crippen LogP contribution in [0.5, 0.6) is 0 Å². The molecule has 0 saturated carbocycles. The molecule has 1 heterocycles. The molecule has 0 aromatic heterocycles. The maximum absolute atomic E-state index is 4.40. The average Bonchev–Trinajstić information content (AvgIpc) is 2.32. The second kappa shape index (κ2) is 4.70. The smallest absolute Gasteiger partial charge is 0.0831 e. The molecule has 0 amide bonds. The van der Waals surface area contributed by atoms with Gasteiger partial charge in [0.2, 0.25) is 0 Å². The molecule has 1 aliphatic rings. The highest BCUT2D eigenvalue weighted by molar-refractivity contribution is 5.85. The van der Waals surface area contributed by atoms with Gasteiger partial charge in [0.25, 0.3) is 0 Å². The molecule has 0 aliphatic carbocycles. The van der Waals surface area contributed by atoms with Crippen LogP contribution in [0.4, 0.5) is 0 Å². The molecule has 2 atom stereocenters. The van der Waals surface area contributed by atoms with Crippen molar-refractivity contribution in [1.29, 1.82) is 0 Å². The molecule has 12 heavy (non-hydrogen) atoms. The van der Waals surface area contributed by atoms with Crippen molar-refractivity contribution in [2.24, 2.45) is 16.8 Å². The Morgan fingerprint density at radius 1 is 1.17 bits per heavy atom. The summed E-state index contributed by atoms with van der Waals surface area (Å²) < 4.78 is 0. The van der Waals surface area contributed by atoms with Crippen molar-refractivity contribution < 1.29 is 0 Å². The summed E-state index contributed by atoms with van der Waals surface area (Å²) in [5, 5.41) is 3.30. The van der Waals surface area contributed by atoms with Crippen LogP contribution in [0, 0.1) is 11.8 Å². The van der Waals surface area contributed by atoms with Crippen molar-refractivity contribution in [1.82, 2.24) is 5.32 Å². The van der Waals surface area contributed by atoms with Gasteiger partial charge in [-0.2, -0.15) is 0 Å². The van der Waals surface area contributed by atoms with Crippen LogP contribution in [0.3, 0.4) is 0 Å². The Balaban J connectivity index is 0.00000121. The van der Waals surface area contributed by atoms with Gasteiger partial charge < -0.3 is 5.32 Å². The zero-order valence-electron chi connectivity index (χ0n) is 8.24. The van der Waals surface area contributed by atoms with Crippen LogP contribution in [-0.2, 0) is 0 Å². The van der Waals surface area contributed by atoms with Crippen molar-refractivity contribution in [3.05, 3.63) is 0 Å². The van der Waals surface area contributed by atoms with Gasteiger partial charge in [0.15, 0.2) is 0 Å². The second-order valence-electron chi connectivity index (χ2n) is 3.95. The second-order valence-corrected chi connectivity index (χ2v) is 3.95. The van der Waals surface area contributed by atoms with Crippen molar-refractivity contribution in [3.63, 3.8) is 0 Å². The number of aliphatic imine (C=N–C) groups is 1. The van der Waals surface area contributed by atoms with E-state index in [1.807, 2.05) is 6.34 Å². The number of nitrogens with one attached hydrogen (secondary N) is 1. The third-order valence-electron chi connectivity index (χ3n) is 2.28. The lowest BCUT2D eigenvalue weighted by Crippen LogP contribution is -2.39. The minimum atomic E-state index is 0. The van der Waals surface area contributed by atoms with Crippen LogP contribution in [0.25, 0.3) is 0 Å². The van der Waals surface area contributed by atoms with E-state index in [-0.39, 0.29) is 12.4 Å². The summed E-state index contributed by atoms with van der Waals surface area (Å²) in [6, 6.07) is 1.03. The highest BCUT2D eigenvalue weighted by Gasteiger charge is 2.28. The Morgan fingerprint density at radius 3 is 2.08 bits per heavy atom. The minimum absolute atomic E-state index is 0. The number of nitrogens with zero attached hydrogens (tertiary/aromatic N) is 1. The maximum atomic E-state index is 4.40. The van der Waals surface area contributed by atoms with Crippen LogP contribution in [0.1, 0.15) is 27.7 Å². The number of rotatable bonds is 2. The van der Waals surface area contributed by atoms with Crippen LogP contribution in [0.15, 0.2) is 4.99 Å². The van der Waals surface area contributed by atoms with Crippen molar-refractivity contribution in [2.45, 2.75) is 39.8 Å². The minimum Gasteiger partial charge on any atom is -0.371 e. The Labute approximate surface area is 81.3 Å². The number of hydrogen-bond acceptors (Lipinski definition) is 2. The fourth-order valence-electron chi connectivity index (χ4n) is 1.58. The average molecular weight is 191 g/mol. The summed E-state index contributed by atoms with van der Waals surface area (Å²) in [6.45, 7) is 8.93. The quantitative estimate of drug-likeness (QED) is 0.709. The first kappa shape index (κ1) is 11.8. The van der Waals surface area contributed by atoms with E-state index < -0.39 is 0 Å². The van der Waals surface area contributed by atoms with E-state index in [4.69, 9.17) is 0 Å². The molecule has 1 aliphatic heterocycles. The zero-order valence-corrected chi connectivity index (χ0v) is 9.06. The molecular weight excluding hydrogens is 172 g/mol. The van der Waals surface area contributed by atoms with E-state index in [1.54, 1.807) is 0 Å². The fraction of sp³-hybridized carbons (Fsp3) is 0.889. The summed E-state index contributed by atoms with van der Waals surface area (Å²) in [7, 11) is 0. The van der Waals surface area contributed by atoms with Crippen LogP contribution in [0.2, 0.25) is 0 Å².